The predicted molar refractivity (Wildman–Crippen MR) is 137 cm³/mol. The van der Waals surface area contributed by atoms with Gasteiger partial charge in [0.1, 0.15) is 6.04 Å². The van der Waals surface area contributed by atoms with Gasteiger partial charge in [-0.25, -0.2) is 0 Å². The van der Waals surface area contributed by atoms with E-state index in [9.17, 15) is 9.59 Å². The van der Waals surface area contributed by atoms with Crippen molar-refractivity contribution in [2.75, 3.05) is 5.75 Å². The average Bonchev–Trinajstić information content (AvgIpc) is 2.70. The minimum absolute atomic E-state index is 0.121. The Bertz CT molecular complexity index is 910. The molecule has 8 heteroatoms. The van der Waals surface area contributed by atoms with Gasteiger partial charge in [0, 0.05) is 32.9 Å². The van der Waals surface area contributed by atoms with Gasteiger partial charge in [-0.15, -0.1) is 11.8 Å². The van der Waals surface area contributed by atoms with E-state index in [-0.39, 0.29) is 17.6 Å². The lowest BCUT2D eigenvalue weighted by Crippen LogP contribution is -2.53. The molecule has 2 amide bonds. The molecule has 0 saturated carbocycles. The largest absolute Gasteiger partial charge is 0.350 e. The molecular formula is C24H29Cl3N2O2S. The van der Waals surface area contributed by atoms with Crippen molar-refractivity contribution in [3.05, 3.63) is 68.7 Å². The maximum absolute atomic E-state index is 13.3. The van der Waals surface area contributed by atoms with Gasteiger partial charge in [-0.1, -0.05) is 59.9 Å². The summed E-state index contributed by atoms with van der Waals surface area (Å²) in [7, 11) is 0. The standard InChI is InChI=1S/C24H29Cl3N2O2S/c1-5-21(23(31)28-24(2,3)4)29(13-16-9-11-17(25)12-10-16)22(30)15-32-14-18-19(26)7-6-8-20(18)27/h6-12,21H,5,13-15H2,1-4H3,(H,28,31)/t21-/m0/s1. The fraction of sp³-hybridized carbons (Fsp3) is 0.417. The van der Waals surface area contributed by atoms with Crippen molar-refractivity contribution in [3.63, 3.8) is 0 Å². The molecule has 2 rings (SSSR count). The number of amides is 2. The Labute approximate surface area is 210 Å². The molecule has 32 heavy (non-hydrogen) atoms. The Hall–Kier alpha value is -1.40. The molecule has 0 saturated heterocycles. The van der Waals surface area contributed by atoms with Crippen LogP contribution in [-0.4, -0.2) is 34.0 Å². The van der Waals surface area contributed by atoms with Crippen LogP contribution in [0.3, 0.4) is 0 Å². The quantitative estimate of drug-likeness (QED) is 0.409. The Kier molecular flexibility index (Phi) is 10.2. The van der Waals surface area contributed by atoms with E-state index in [0.717, 1.165) is 11.1 Å². The third kappa shape index (κ3) is 8.18. The first-order valence-corrected chi connectivity index (χ1v) is 12.7. The maximum Gasteiger partial charge on any atom is 0.243 e. The Balaban J connectivity index is 2.18. The molecule has 1 N–H and O–H groups in total. The van der Waals surface area contributed by atoms with Gasteiger partial charge in [-0.3, -0.25) is 9.59 Å². The lowest BCUT2D eigenvalue weighted by atomic mass is 10.1. The van der Waals surface area contributed by atoms with Crippen molar-refractivity contribution in [2.24, 2.45) is 0 Å². The van der Waals surface area contributed by atoms with Gasteiger partial charge in [0.15, 0.2) is 0 Å². The zero-order valence-electron chi connectivity index (χ0n) is 18.8. The van der Waals surface area contributed by atoms with E-state index in [1.54, 1.807) is 35.2 Å². The van der Waals surface area contributed by atoms with Gasteiger partial charge in [0.05, 0.1) is 5.75 Å². The van der Waals surface area contributed by atoms with Crippen LogP contribution in [-0.2, 0) is 21.9 Å². The monoisotopic (exact) mass is 514 g/mol. The molecule has 0 aliphatic carbocycles. The third-order valence-corrected chi connectivity index (χ3v) is 6.59. The van der Waals surface area contributed by atoms with E-state index in [1.807, 2.05) is 39.8 Å². The van der Waals surface area contributed by atoms with Gasteiger partial charge in [0.25, 0.3) is 0 Å². The molecule has 0 aliphatic rings. The number of hydrogen-bond donors (Lipinski definition) is 1. The van der Waals surface area contributed by atoms with Crippen LogP contribution in [0.15, 0.2) is 42.5 Å². The van der Waals surface area contributed by atoms with Gasteiger partial charge >= 0.3 is 0 Å². The summed E-state index contributed by atoms with van der Waals surface area (Å²) in [6, 6.07) is 12.1. The summed E-state index contributed by atoms with van der Waals surface area (Å²) in [6.07, 6.45) is 0.502. The van der Waals surface area contributed by atoms with Gasteiger partial charge < -0.3 is 10.2 Å². The first-order chi connectivity index (χ1) is 15.0. The highest BCUT2D eigenvalue weighted by atomic mass is 35.5. The van der Waals surface area contributed by atoms with Crippen molar-refractivity contribution in [3.8, 4) is 0 Å². The van der Waals surface area contributed by atoms with Crippen LogP contribution >= 0.6 is 46.6 Å². The summed E-state index contributed by atoms with van der Waals surface area (Å²) < 4.78 is 0. The number of hydrogen-bond acceptors (Lipinski definition) is 3. The summed E-state index contributed by atoms with van der Waals surface area (Å²) in [4.78, 5) is 27.9. The molecule has 0 spiro atoms. The molecule has 174 valence electrons. The molecule has 1 atom stereocenters. The van der Waals surface area contributed by atoms with Crippen LogP contribution < -0.4 is 5.32 Å². The van der Waals surface area contributed by atoms with Crippen LogP contribution in [0.4, 0.5) is 0 Å². The molecule has 4 nitrogen and oxygen atoms in total. The van der Waals surface area contributed by atoms with E-state index in [2.05, 4.69) is 5.32 Å². The number of nitrogens with zero attached hydrogens (tertiary/aromatic N) is 1. The maximum atomic E-state index is 13.3. The van der Waals surface area contributed by atoms with E-state index >= 15 is 0 Å². The molecule has 0 fully saturated rings. The molecule has 2 aromatic rings. The summed E-state index contributed by atoms with van der Waals surface area (Å²) >= 11 is 19.9. The van der Waals surface area contributed by atoms with E-state index in [1.165, 1.54) is 11.8 Å². The SMILES string of the molecule is CC[C@@H](C(=O)NC(C)(C)C)N(Cc1ccc(Cl)cc1)C(=O)CSCc1c(Cl)cccc1Cl. The van der Waals surface area contributed by atoms with Crippen LogP contribution in [0.1, 0.15) is 45.2 Å². The number of carbonyl (C=O) groups excluding carboxylic acids is 2. The molecule has 0 bridgehead atoms. The predicted octanol–water partition coefficient (Wildman–Crippen LogP) is 6.60. The highest BCUT2D eigenvalue weighted by molar-refractivity contribution is 7.99. The first-order valence-electron chi connectivity index (χ1n) is 10.4. The lowest BCUT2D eigenvalue weighted by molar-refractivity contribution is -0.140. The van der Waals surface area contributed by atoms with Gasteiger partial charge in [-0.2, -0.15) is 0 Å². The Morgan fingerprint density at radius 2 is 1.62 bits per heavy atom. The molecular weight excluding hydrogens is 487 g/mol. The molecule has 2 aromatic carbocycles. The van der Waals surface area contributed by atoms with Crippen molar-refractivity contribution < 1.29 is 9.59 Å². The zero-order chi connectivity index (χ0) is 23.9. The van der Waals surface area contributed by atoms with Crippen LogP contribution in [0.25, 0.3) is 0 Å². The highest BCUT2D eigenvalue weighted by Crippen LogP contribution is 2.28. The minimum atomic E-state index is -0.582. The summed E-state index contributed by atoms with van der Waals surface area (Å²) in [5.41, 5.74) is 1.31. The summed E-state index contributed by atoms with van der Waals surface area (Å²) in [5, 5.41) is 4.77. The van der Waals surface area contributed by atoms with Crippen molar-refractivity contribution in [2.45, 2.75) is 58.0 Å². The van der Waals surface area contributed by atoms with Crippen LogP contribution in [0, 0.1) is 0 Å². The number of rotatable bonds is 9. The summed E-state index contributed by atoms with van der Waals surface area (Å²) in [5.74, 6) is 0.420. The Morgan fingerprint density at radius 3 is 2.16 bits per heavy atom. The lowest BCUT2D eigenvalue weighted by Gasteiger charge is -2.33. The van der Waals surface area contributed by atoms with Crippen molar-refractivity contribution in [1.29, 1.82) is 0 Å². The van der Waals surface area contributed by atoms with E-state index in [0.29, 0.717) is 33.8 Å². The number of nitrogens with one attached hydrogen (secondary N) is 1. The van der Waals surface area contributed by atoms with Crippen LogP contribution in [0.2, 0.25) is 15.1 Å². The second kappa shape index (κ2) is 12.2. The average molecular weight is 516 g/mol. The number of carbonyl (C=O) groups is 2. The number of halogens is 3. The fourth-order valence-electron chi connectivity index (χ4n) is 3.15. The van der Waals surface area contributed by atoms with Crippen molar-refractivity contribution in [1.82, 2.24) is 10.2 Å². The fourth-order valence-corrected chi connectivity index (χ4v) is 4.93. The zero-order valence-corrected chi connectivity index (χ0v) is 21.8. The Morgan fingerprint density at radius 1 is 1.03 bits per heavy atom. The molecule has 0 unspecified atom stereocenters. The second-order valence-electron chi connectivity index (χ2n) is 8.50. The topological polar surface area (TPSA) is 49.4 Å². The van der Waals surface area contributed by atoms with Crippen LogP contribution in [0.5, 0.6) is 0 Å². The highest BCUT2D eigenvalue weighted by Gasteiger charge is 2.30. The minimum Gasteiger partial charge on any atom is -0.350 e. The summed E-state index contributed by atoms with van der Waals surface area (Å²) in [6.45, 7) is 8.00. The van der Waals surface area contributed by atoms with E-state index in [4.69, 9.17) is 34.8 Å². The third-order valence-electron chi connectivity index (χ3n) is 4.68. The normalized spacial score (nSPS) is 12.3. The molecule has 0 heterocycles. The van der Waals surface area contributed by atoms with E-state index < -0.39 is 11.6 Å². The molecule has 0 aliphatic heterocycles. The smallest absolute Gasteiger partial charge is 0.243 e. The number of benzene rings is 2. The first kappa shape index (κ1) is 26.8. The second-order valence-corrected chi connectivity index (χ2v) is 10.7. The van der Waals surface area contributed by atoms with Crippen molar-refractivity contribution >= 4 is 58.4 Å². The molecule has 0 radical (unpaired) electrons. The van der Waals surface area contributed by atoms with Gasteiger partial charge in [-0.05, 0) is 62.6 Å². The van der Waals surface area contributed by atoms with Gasteiger partial charge in [0.2, 0.25) is 11.8 Å². The number of thioether (sulfide) groups is 1. The molecule has 0 aromatic heterocycles.